The number of carbonyl (C=O) groups excluding carboxylic acids is 1. The molecule has 0 spiro atoms. The molecular formula is C18H16ClNO3. The maximum atomic E-state index is 12.6. The van der Waals surface area contributed by atoms with Gasteiger partial charge in [0.2, 0.25) is 0 Å². The Hall–Kier alpha value is -2.46. The van der Waals surface area contributed by atoms with Crippen molar-refractivity contribution < 1.29 is 13.9 Å². The zero-order valence-electron chi connectivity index (χ0n) is 12.9. The molecule has 0 fully saturated rings. The number of amides is 1. The van der Waals surface area contributed by atoms with E-state index in [-0.39, 0.29) is 11.7 Å². The van der Waals surface area contributed by atoms with Crippen LogP contribution < -0.4 is 10.1 Å². The second-order valence-electron chi connectivity index (χ2n) is 5.08. The molecule has 0 bridgehead atoms. The Morgan fingerprint density at radius 2 is 2.04 bits per heavy atom. The predicted molar refractivity (Wildman–Crippen MR) is 91.5 cm³/mol. The van der Waals surface area contributed by atoms with Gasteiger partial charge in [-0.25, -0.2) is 0 Å². The topological polar surface area (TPSA) is 51.5 Å². The highest BCUT2D eigenvalue weighted by molar-refractivity contribution is 6.31. The van der Waals surface area contributed by atoms with Crippen molar-refractivity contribution in [1.29, 1.82) is 0 Å². The zero-order chi connectivity index (χ0) is 16.4. The van der Waals surface area contributed by atoms with E-state index in [2.05, 4.69) is 5.32 Å². The summed E-state index contributed by atoms with van der Waals surface area (Å²) in [7, 11) is 0. The minimum Gasteiger partial charge on any atom is -0.492 e. The monoisotopic (exact) mass is 329 g/mol. The largest absolute Gasteiger partial charge is 0.492 e. The smallest absolute Gasteiger partial charge is 0.291 e. The van der Waals surface area contributed by atoms with Gasteiger partial charge in [0.05, 0.1) is 12.3 Å². The molecule has 1 heterocycles. The van der Waals surface area contributed by atoms with Gasteiger partial charge in [-0.15, -0.1) is 0 Å². The highest BCUT2D eigenvalue weighted by Gasteiger charge is 2.19. The van der Waals surface area contributed by atoms with Crippen LogP contribution in [0.25, 0.3) is 11.0 Å². The standard InChI is InChI=1S/C18H16ClNO3/c1-3-22-16-7-5-4-6-14(16)20-18(21)17-11(2)13-10-12(19)8-9-15(13)23-17/h4-10H,3H2,1-2H3,(H,20,21). The second-order valence-corrected chi connectivity index (χ2v) is 5.52. The van der Waals surface area contributed by atoms with Gasteiger partial charge in [0.15, 0.2) is 5.76 Å². The van der Waals surface area contributed by atoms with Crippen molar-refractivity contribution in [2.24, 2.45) is 0 Å². The molecule has 0 radical (unpaired) electrons. The number of rotatable bonds is 4. The van der Waals surface area contributed by atoms with E-state index in [1.807, 2.05) is 32.0 Å². The van der Waals surface area contributed by atoms with Crippen LogP contribution in [0, 0.1) is 6.92 Å². The molecule has 0 saturated carbocycles. The Morgan fingerprint density at radius 3 is 2.83 bits per heavy atom. The molecule has 0 aliphatic carbocycles. The maximum absolute atomic E-state index is 12.6. The van der Waals surface area contributed by atoms with Crippen molar-refractivity contribution in [1.82, 2.24) is 0 Å². The van der Waals surface area contributed by atoms with Crippen molar-refractivity contribution in [3.8, 4) is 5.75 Å². The Kier molecular flexibility index (Phi) is 4.26. The van der Waals surface area contributed by atoms with E-state index in [0.717, 1.165) is 10.9 Å². The number of aryl methyl sites for hydroxylation is 1. The third-order valence-corrected chi connectivity index (χ3v) is 3.77. The summed E-state index contributed by atoms with van der Waals surface area (Å²) < 4.78 is 11.2. The molecule has 0 aliphatic rings. The van der Waals surface area contributed by atoms with Crippen LogP contribution in [-0.4, -0.2) is 12.5 Å². The normalized spacial score (nSPS) is 10.7. The average Bonchev–Trinajstić information content (AvgIpc) is 2.86. The molecular weight excluding hydrogens is 314 g/mol. The van der Waals surface area contributed by atoms with Gasteiger partial charge in [-0.1, -0.05) is 23.7 Å². The van der Waals surface area contributed by atoms with Crippen LogP contribution in [0.4, 0.5) is 5.69 Å². The number of nitrogens with one attached hydrogen (secondary N) is 1. The predicted octanol–water partition coefficient (Wildman–Crippen LogP) is 5.05. The molecule has 1 aromatic heterocycles. The quantitative estimate of drug-likeness (QED) is 0.729. The zero-order valence-corrected chi connectivity index (χ0v) is 13.6. The SMILES string of the molecule is CCOc1ccccc1NC(=O)c1oc2ccc(Cl)cc2c1C. The fourth-order valence-electron chi connectivity index (χ4n) is 2.44. The van der Waals surface area contributed by atoms with Crippen molar-refractivity contribution in [2.45, 2.75) is 13.8 Å². The Labute approximate surface area is 139 Å². The molecule has 1 amide bonds. The molecule has 4 nitrogen and oxygen atoms in total. The van der Waals surface area contributed by atoms with Crippen molar-refractivity contribution in [3.05, 3.63) is 58.8 Å². The highest BCUT2D eigenvalue weighted by Crippen LogP contribution is 2.30. The summed E-state index contributed by atoms with van der Waals surface area (Å²) in [4.78, 5) is 12.6. The fourth-order valence-corrected chi connectivity index (χ4v) is 2.61. The van der Waals surface area contributed by atoms with Crippen LogP contribution in [0.1, 0.15) is 23.0 Å². The van der Waals surface area contributed by atoms with Crippen molar-refractivity contribution in [2.75, 3.05) is 11.9 Å². The van der Waals surface area contributed by atoms with Gasteiger partial charge in [0.25, 0.3) is 5.91 Å². The number of fused-ring (bicyclic) bond motifs is 1. The second kappa shape index (κ2) is 6.34. The lowest BCUT2D eigenvalue weighted by atomic mass is 10.1. The van der Waals surface area contributed by atoms with Gasteiger partial charge in [0, 0.05) is 16.0 Å². The average molecular weight is 330 g/mol. The van der Waals surface area contributed by atoms with Gasteiger partial charge in [-0.2, -0.15) is 0 Å². The summed E-state index contributed by atoms with van der Waals surface area (Å²) in [5, 5.41) is 4.28. The molecule has 1 N–H and O–H groups in total. The van der Waals surface area contributed by atoms with Gasteiger partial charge >= 0.3 is 0 Å². The Bertz CT molecular complexity index is 870. The first kappa shape index (κ1) is 15.4. The number of furan rings is 1. The van der Waals surface area contributed by atoms with Gasteiger partial charge < -0.3 is 14.5 Å². The van der Waals surface area contributed by atoms with E-state index in [1.165, 1.54) is 0 Å². The van der Waals surface area contributed by atoms with Crippen LogP contribution in [0.2, 0.25) is 5.02 Å². The van der Waals surface area contributed by atoms with Crippen LogP contribution in [-0.2, 0) is 0 Å². The number of hydrogen-bond donors (Lipinski definition) is 1. The Morgan fingerprint density at radius 1 is 1.26 bits per heavy atom. The molecule has 0 unspecified atom stereocenters. The van der Waals surface area contributed by atoms with Crippen LogP contribution in [0.15, 0.2) is 46.9 Å². The number of para-hydroxylation sites is 2. The number of anilines is 1. The maximum Gasteiger partial charge on any atom is 0.291 e. The summed E-state index contributed by atoms with van der Waals surface area (Å²) in [6.07, 6.45) is 0. The van der Waals surface area contributed by atoms with Crippen LogP contribution in [0.5, 0.6) is 5.75 Å². The lowest BCUT2D eigenvalue weighted by Gasteiger charge is -2.10. The summed E-state index contributed by atoms with van der Waals surface area (Å²) in [6, 6.07) is 12.6. The molecule has 0 saturated heterocycles. The molecule has 5 heteroatoms. The molecule has 3 rings (SSSR count). The first-order chi connectivity index (χ1) is 11.1. The van der Waals surface area contributed by atoms with E-state index < -0.39 is 0 Å². The van der Waals surface area contributed by atoms with E-state index >= 15 is 0 Å². The highest BCUT2D eigenvalue weighted by atomic mass is 35.5. The molecule has 23 heavy (non-hydrogen) atoms. The summed E-state index contributed by atoms with van der Waals surface area (Å²) in [6.45, 7) is 4.26. The Balaban J connectivity index is 1.94. The lowest BCUT2D eigenvalue weighted by Crippen LogP contribution is -2.13. The fraction of sp³-hybridized carbons (Fsp3) is 0.167. The number of halogens is 1. The third kappa shape index (κ3) is 3.03. The minimum absolute atomic E-state index is 0.272. The van der Waals surface area contributed by atoms with E-state index in [9.17, 15) is 4.79 Å². The third-order valence-electron chi connectivity index (χ3n) is 3.54. The molecule has 118 valence electrons. The minimum atomic E-state index is -0.318. The van der Waals surface area contributed by atoms with E-state index in [0.29, 0.717) is 28.6 Å². The number of carbonyl (C=O) groups is 1. The molecule has 0 atom stereocenters. The van der Waals surface area contributed by atoms with Gasteiger partial charge in [-0.3, -0.25) is 4.79 Å². The summed E-state index contributed by atoms with van der Waals surface area (Å²) >= 11 is 6.01. The van der Waals surface area contributed by atoms with Crippen LogP contribution in [0.3, 0.4) is 0 Å². The van der Waals surface area contributed by atoms with E-state index in [4.69, 9.17) is 20.8 Å². The van der Waals surface area contributed by atoms with Gasteiger partial charge in [-0.05, 0) is 44.2 Å². The summed E-state index contributed by atoms with van der Waals surface area (Å²) in [5.41, 5.74) is 2.00. The lowest BCUT2D eigenvalue weighted by molar-refractivity contribution is 0.0997. The van der Waals surface area contributed by atoms with Crippen molar-refractivity contribution >= 4 is 34.2 Å². The van der Waals surface area contributed by atoms with Crippen LogP contribution >= 0.6 is 11.6 Å². The molecule has 2 aromatic carbocycles. The van der Waals surface area contributed by atoms with Gasteiger partial charge in [0.1, 0.15) is 11.3 Å². The number of ether oxygens (including phenoxy) is 1. The molecule has 3 aromatic rings. The first-order valence-corrected chi connectivity index (χ1v) is 7.69. The van der Waals surface area contributed by atoms with E-state index in [1.54, 1.807) is 24.3 Å². The number of benzene rings is 2. The van der Waals surface area contributed by atoms with Crippen molar-refractivity contribution in [3.63, 3.8) is 0 Å². The molecule has 0 aliphatic heterocycles. The summed E-state index contributed by atoms with van der Waals surface area (Å²) in [5.74, 6) is 0.579. The first-order valence-electron chi connectivity index (χ1n) is 7.32. The number of hydrogen-bond acceptors (Lipinski definition) is 3.